The van der Waals surface area contributed by atoms with Crippen molar-refractivity contribution >= 4 is 5.91 Å². The minimum absolute atomic E-state index is 0.196. The fourth-order valence-corrected chi connectivity index (χ4v) is 3.38. The van der Waals surface area contributed by atoms with Gasteiger partial charge >= 0.3 is 0 Å². The molecule has 2 aliphatic rings. The highest BCUT2D eigenvalue weighted by atomic mass is 16.3. The minimum Gasteiger partial charge on any atom is -0.393 e. The van der Waals surface area contributed by atoms with Gasteiger partial charge in [-0.05, 0) is 50.9 Å². The highest BCUT2D eigenvalue weighted by Crippen LogP contribution is 2.32. The molecule has 18 heavy (non-hydrogen) atoms. The molecule has 1 aliphatic carbocycles. The van der Waals surface area contributed by atoms with Crippen LogP contribution in [-0.2, 0) is 4.79 Å². The lowest BCUT2D eigenvalue weighted by molar-refractivity contribution is -0.136. The van der Waals surface area contributed by atoms with Crippen molar-refractivity contribution in [2.45, 2.75) is 64.4 Å². The second-order valence-corrected chi connectivity index (χ2v) is 6.04. The molecule has 2 rings (SSSR count). The lowest BCUT2D eigenvalue weighted by Crippen LogP contribution is -2.38. The Bertz CT molecular complexity index is 272. The largest absolute Gasteiger partial charge is 0.393 e. The molecule has 104 valence electrons. The third-order valence-corrected chi connectivity index (χ3v) is 4.78. The highest BCUT2D eigenvalue weighted by Gasteiger charge is 2.29. The van der Waals surface area contributed by atoms with E-state index in [1.54, 1.807) is 0 Å². The van der Waals surface area contributed by atoms with E-state index < -0.39 is 0 Å². The molecule has 0 aromatic rings. The van der Waals surface area contributed by atoms with Crippen molar-refractivity contribution in [2.75, 3.05) is 13.1 Å². The molecule has 1 atom stereocenters. The Labute approximate surface area is 111 Å². The van der Waals surface area contributed by atoms with E-state index in [1.807, 2.05) is 4.90 Å². The summed E-state index contributed by atoms with van der Waals surface area (Å²) < 4.78 is 0. The van der Waals surface area contributed by atoms with Gasteiger partial charge in [0.1, 0.15) is 0 Å². The Morgan fingerprint density at radius 1 is 1.11 bits per heavy atom. The van der Waals surface area contributed by atoms with E-state index >= 15 is 0 Å². The zero-order valence-electron chi connectivity index (χ0n) is 11.6. The number of aliphatic hydroxyl groups is 1. The predicted octanol–water partition coefficient (Wildman–Crippen LogP) is 2.58. The normalized spacial score (nSPS) is 34.1. The molecule has 2 fully saturated rings. The van der Waals surface area contributed by atoms with Crippen LogP contribution in [-0.4, -0.2) is 35.1 Å². The molecule has 1 heterocycles. The summed E-state index contributed by atoms with van der Waals surface area (Å²) in [5.74, 6) is 1.47. The number of aliphatic hydroxyl groups excluding tert-OH is 1. The number of carbonyl (C=O) groups is 1. The second kappa shape index (κ2) is 6.55. The monoisotopic (exact) mass is 253 g/mol. The van der Waals surface area contributed by atoms with Crippen molar-refractivity contribution in [2.24, 2.45) is 11.8 Å². The molecule has 1 N–H and O–H groups in total. The van der Waals surface area contributed by atoms with Crippen molar-refractivity contribution in [1.29, 1.82) is 0 Å². The van der Waals surface area contributed by atoms with Gasteiger partial charge in [-0.15, -0.1) is 0 Å². The molecule has 3 nitrogen and oxygen atoms in total. The summed E-state index contributed by atoms with van der Waals surface area (Å²) in [7, 11) is 0. The van der Waals surface area contributed by atoms with Gasteiger partial charge in [0.15, 0.2) is 0 Å². The Hall–Kier alpha value is -0.570. The number of nitrogens with zero attached hydrogens (tertiary/aromatic N) is 1. The van der Waals surface area contributed by atoms with Crippen molar-refractivity contribution in [1.82, 2.24) is 4.90 Å². The minimum atomic E-state index is -0.196. The fourth-order valence-electron chi connectivity index (χ4n) is 3.38. The van der Waals surface area contributed by atoms with Crippen molar-refractivity contribution in [3.8, 4) is 0 Å². The highest BCUT2D eigenvalue weighted by molar-refractivity contribution is 5.79. The van der Waals surface area contributed by atoms with Gasteiger partial charge < -0.3 is 10.0 Å². The van der Waals surface area contributed by atoms with E-state index in [1.165, 1.54) is 19.3 Å². The van der Waals surface area contributed by atoms with E-state index in [9.17, 15) is 9.90 Å². The first-order valence-electron chi connectivity index (χ1n) is 7.67. The number of hydrogen-bond donors (Lipinski definition) is 1. The van der Waals surface area contributed by atoms with Crippen LogP contribution in [0.2, 0.25) is 0 Å². The van der Waals surface area contributed by atoms with Crippen LogP contribution < -0.4 is 0 Å². The maximum absolute atomic E-state index is 12.5. The number of hydrogen-bond acceptors (Lipinski definition) is 2. The van der Waals surface area contributed by atoms with Crippen LogP contribution in [0.15, 0.2) is 0 Å². The quantitative estimate of drug-likeness (QED) is 0.821. The van der Waals surface area contributed by atoms with E-state index in [4.69, 9.17) is 0 Å². The van der Waals surface area contributed by atoms with Crippen LogP contribution in [0.5, 0.6) is 0 Å². The average Bonchev–Trinajstić information content (AvgIpc) is 2.63. The maximum Gasteiger partial charge on any atom is 0.225 e. The third-order valence-electron chi connectivity index (χ3n) is 4.78. The fraction of sp³-hybridized carbons (Fsp3) is 0.933. The first kappa shape index (κ1) is 13.9. The van der Waals surface area contributed by atoms with Crippen LogP contribution in [0.4, 0.5) is 0 Å². The number of amides is 1. The van der Waals surface area contributed by atoms with Crippen molar-refractivity contribution in [3.05, 3.63) is 0 Å². The van der Waals surface area contributed by atoms with Gasteiger partial charge in [0, 0.05) is 19.0 Å². The van der Waals surface area contributed by atoms with Gasteiger partial charge in [-0.3, -0.25) is 4.79 Å². The van der Waals surface area contributed by atoms with Gasteiger partial charge in [-0.1, -0.05) is 13.3 Å². The Kier molecular flexibility index (Phi) is 5.04. The molecule has 1 amide bonds. The summed E-state index contributed by atoms with van der Waals surface area (Å²) in [6, 6.07) is 0. The second-order valence-electron chi connectivity index (χ2n) is 6.04. The zero-order valence-corrected chi connectivity index (χ0v) is 11.6. The molecule has 0 aromatic carbocycles. The first-order chi connectivity index (χ1) is 8.70. The summed E-state index contributed by atoms with van der Waals surface area (Å²) in [4.78, 5) is 14.5. The molecule has 0 unspecified atom stereocenters. The van der Waals surface area contributed by atoms with Gasteiger partial charge in [-0.2, -0.15) is 0 Å². The predicted molar refractivity (Wildman–Crippen MR) is 72.2 cm³/mol. The molecular weight excluding hydrogens is 226 g/mol. The molecular formula is C15H27NO2. The van der Waals surface area contributed by atoms with E-state index in [2.05, 4.69) is 6.92 Å². The topological polar surface area (TPSA) is 40.5 Å². The zero-order chi connectivity index (χ0) is 13.0. The third kappa shape index (κ3) is 3.47. The molecule has 0 aromatic heterocycles. The molecule has 0 bridgehead atoms. The lowest BCUT2D eigenvalue weighted by Gasteiger charge is -2.31. The summed E-state index contributed by atoms with van der Waals surface area (Å²) in [5.41, 5.74) is 0. The van der Waals surface area contributed by atoms with Gasteiger partial charge in [0.25, 0.3) is 0 Å². The first-order valence-corrected chi connectivity index (χ1v) is 7.67. The smallest absolute Gasteiger partial charge is 0.225 e. The molecule has 1 saturated carbocycles. The SMILES string of the molecule is CCC1CCC(C(=O)N2CCC[C@@H](O)CC2)CC1. The molecule has 1 aliphatic heterocycles. The van der Waals surface area contributed by atoms with Crippen LogP contribution in [0.25, 0.3) is 0 Å². The lowest BCUT2D eigenvalue weighted by atomic mass is 9.80. The van der Waals surface area contributed by atoms with Gasteiger partial charge in [0.2, 0.25) is 5.91 Å². The molecule has 0 radical (unpaired) electrons. The summed E-state index contributed by atoms with van der Waals surface area (Å²) >= 11 is 0. The molecule has 0 spiro atoms. The Balaban J connectivity index is 1.83. The number of likely N-dealkylation sites (tertiary alicyclic amines) is 1. The van der Waals surface area contributed by atoms with Gasteiger partial charge in [0.05, 0.1) is 6.10 Å². The van der Waals surface area contributed by atoms with Crippen LogP contribution in [0.1, 0.15) is 58.3 Å². The molecule has 3 heteroatoms. The standard InChI is InChI=1S/C15H27NO2/c1-2-12-5-7-13(8-6-12)15(18)16-10-3-4-14(17)9-11-16/h12-14,17H,2-11H2,1H3/t12?,13?,14-/m1/s1. The van der Waals surface area contributed by atoms with E-state index in [-0.39, 0.29) is 12.0 Å². The number of carbonyl (C=O) groups excluding carboxylic acids is 1. The van der Waals surface area contributed by atoms with Crippen LogP contribution >= 0.6 is 0 Å². The van der Waals surface area contributed by atoms with E-state index in [0.717, 1.165) is 51.1 Å². The summed E-state index contributed by atoms with van der Waals surface area (Å²) in [6.07, 6.45) is 8.24. The molecule has 1 saturated heterocycles. The summed E-state index contributed by atoms with van der Waals surface area (Å²) in [6.45, 7) is 3.86. The average molecular weight is 253 g/mol. The summed E-state index contributed by atoms with van der Waals surface area (Å²) in [5, 5.41) is 9.63. The van der Waals surface area contributed by atoms with Crippen LogP contribution in [0.3, 0.4) is 0 Å². The van der Waals surface area contributed by atoms with Crippen LogP contribution in [0, 0.1) is 11.8 Å². The Morgan fingerprint density at radius 3 is 2.50 bits per heavy atom. The maximum atomic E-state index is 12.5. The van der Waals surface area contributed by atoms with Crippen molar-refractivity contribution < 1.29 is 9.90 Å². The van der Waals surface area contributed by atoms with E-state index in [0.29, 0.717) is 5.91 Å². The number of rotatable bonds is 2. The van der Waals surface area contributed by atoms with Gasteiger partial charge in [-0.25, -0.2) is 0 Å². The van der Waals surface area contributed by atoms with Crippen molar-refractivity contribution in [3.63, 3.8) is 0 Å². The Morgan fingerprint density at radius 2 is 1.83 bits per heavy atom.